The van der Waals surface area contributed by atoms with Crippen LogP contribution in [0.5, 0.6) is 0 Å². The van der Waals surface area contributed by atoms with Crippen molar-refractivity contribution in [3.63, 3.8) is 0 Å². The first kappa shape index (κ1) is 12.4. The van der Waals surface area contributed by atoms with Gasteiger partial charge in [-0.2, -0.15) is 9.61 Å². The summed E-state index contributed by atoms with van der Waals surface area (Å²) in [5.74, 6) is 1.56. The molecule has 0 unspecified atom stereocenters. The zero-order valence-corrected chi connectivity index (χ0v) is 12.9. The highest BCUT2D eigenvalue weighted by Crippen LogP contribution is 2.39. The molecule has 1 fully saturated rings. The third-order valence-corrected chi connectivity index (χ3v) is 4.93. The van der Waals surface area contributed by atoms with E-state index in [9.17, 15) is 0 Å². The SMILES string of the molecule is CN(C)Cc1nc(-c2nn3c(C4CC4)nnc3s2)cs1. The molecule has 1 aliphatic carbocycles. The summed E-state index contributed by atoms with van der Waals surface area (Å²) in [5.41, 5.74) is 0.948. The molecule has 8 heteroatoms. The van der Waals surface area contributed by atoms with Crippen LogP contribution in [0.2, 0.25) is 0 Å². The van der Waals surface area contributed by atoms with Crippen LogP contribution in [0.25, 0.3) is 15.7 Å². The molecule has 1 saturated carbocycles. The van der Waals surface area contributed by atoms with Gasteiger partial charge in [0.25, 0.3) is 0 Å². The van der Waals surface area contributed by atoms with Gasteiger partial charge in [0.1, 0.15) is 10.7 Å². The van der Waals surface area contributed by atoms with E-state index in [4.69, 9.17) is 0 Å². The Balaban J connectivity index is 1.69. The quantitative estimate of drug-likeness (QED) is 0.740. The third kappa shape index (κ3) is 2.13. The Morgan fingerprint density at radius 1 is 1.35 bits per heavy atom. The molecule has 0 amide bonds. The minimum atomic E-state index is 0.555. The standard InChI is InChI=1S/C12H14N6S2/c1-17(2)5-9-13-8(6-19-9)11-16-18-10(7-3-4-7)14-15-12(18)20-11/h6-7H,3-5H2,1-2H3. The van der Waals surface area contributed by atoms with E-state index in [1.807, 2.05) is 18.6 Å². The summed E-state index contributed by atoms with van der Waals surface area (Å²) in [7, 11) is 4.10. The van der Waals surface area contributed by atoms with Crippen molar-refractivity contribution in [2.24, 2.45) is 0 Å². The predicted molar refractivity (Wildman–Crippen MR) is 79.1 cm³/mol. The van der Waals surface area contributed by atoms with Gasteiger partial charge in [-0.3, -0.25) is 0 Å². The lowest BCUT2D eigenvalue weighted by molar-refractivity contribution is 0.402. The molecule has 3 aromatic rings. The van der Waals surface area contributed by atoms with Crippen molar-refractivity contribution in [3.05, 3.63) is 16.2 Å². The fraction of sp³-hybridized carbons (Fsp3) is 0.500. The highest BCUT2D eigenvalue weighted by molar-refractivity contribution is 7.20. The van der Waals surface area contributed by atoms with Crippen LogP contribution in [0, 0.1) is 0 Å². The van der Waals surface area contributed by atoms with Crippen molar-refractivity contribution in [2.45, 2.75) is 25.3 Å². The van der Waals surface area contributed by atoms with E-state index in [1.165, 1.54) is 12.8 Å². The number of hydrogen-bond donors (Lipinski definition) is 0. The Kier molecular flexibility index (Phi) is 2.83. The summed E-state index contributed by atoms with van der Waals surface area (Å²) >= 11 is 3.23. The topological polar surface area (TPSA) is 59.2 Å². The van der Waals surface area contributed by atoms with Crippen molar-refractivity contribution in [2.75, 3.05) is 14.1 Å². The van der Waals surface area contributed by atoms with Crippen molar-refractivity contribution >= 4 is 27.6 Å². The molecular formula is C12H14N6S2. The molecule has 0 radical (unpaired) electrons. The molecule has 3 aromatic heterocycles. The molecule has 6 nitrogen and oxygen atoms in total. The van der Waals surface area contributed by atoms with Crippen molar-refractivity contribution in [3.8, 4) is 10.7 Å². The Morgan fingerprint density at radius 2 is 2.20 bits per heavy atom. The van der Waals surface area contributed by atoms with E-state index in [2.05, 4.69) is 30.6 Å². The lowest BCUT2D eigenvalue weighted by Crippen LogP contribution is -2.10. The zero-order valence-electron chi connectivity index (χ0n) is 11.3. The molecule has 0 saturated heterocycles. The Hall–Kier alpha value is -1.38. The molecule has 0 spiro atoms. The van der Waals surface area contributed by atoms with Gasteiger partial charge in [-0.25, -0.2) is 4.98 Å². The first-order valence-corrected chi connectivity index (χ1v) is 8.22. The number of rotatable bonds is 4. The molecule has 0 aromatic carbocycles. The Morgan fingerprint density at radius 3 is 2.95 bits per heavy atom. The maximum Gasteiger partial charge on any atom is 0.235 e. The molecule has 0 bridgehead atoms. The molecule has 4 rings (SSSR count). The van der Waals surface area contributed by atoms with E-state index in [-0.39, 0.29) is 0 Å². The van der Waals surface area contributed by atoms with E-state index in [0.717, 1.165) is 33.0 Å². The second kappa shape index (κ2) is 4.57. The van der Waals surface area contributed by atoms with Gasteiger partial charge in [-0.05, 0) is 26.9 Å². The summed E-state index contributed by atoms with van der Waals surface area (Å²) in [6, 6.07) is 0. The number of aromatic nitrogens is 5. The molecule has 0 aliphatic heterocycles. The van der Waals surface area contributed by atoms with Crippen LogP contribution in [0.1, 0.15) is 29.6 Å². The summed E-state index contributed by atoms with van der Waals surface area (Å²) in [6.45, 7) is 0.863. The zero-order chi connectivity index (χ0) is 13.7. The maximum absolute atomic E-state index is 4.65. The van der Waals surface area contributed by atoms with Crippen molar-refractivity contribution in [1.29, 1.82) is 0 Å². The second-order valence-corrected chi connectivity index (χ2v) is 7.20. The van der Waals surface area contributed by atoms with Crippen LogP contribution < -0.4 is 0 Å². The van der Waals surface area contributed by atoms with Gasteiger partial charge in [0.2, 0.25) is 4.96 Å². The second-order valence-electron chi connectivity index (χ2n) is 5.30. The lowest BCUT2D eigenvalue weighted by Gasteiger charge is -2.04. The van der Waals surface area contributed by atoms with E-state index in [0.29, 0.717) is 5.92 Å². The van der Waals surface area contributed by atoms with Gasteiger partial charge < -0.3 is 4.90 Å². The summed E-state index contributed by atoms with van der Waals surface area (Å²) in [4.78, 5) is 7.63. The highest BCUT2D eigenvalue weighted by Gasteiger charge is 2.30. The van der Waals surface area contributed by atoms with Crippen molar-refractivity contribution in [1.82, 2.24) is 29.7 Å². The normalized spacial score (nSPS) is 15.6. The van der Waals surface area contributed by atoms with E-state index >= 15 is 0 Å². The minimum absolute atomic E-state index is 0.555. The molecule has 0 atom stereocenters. The van der Waals surface area contributed by atoms with Crippen LogP contribution in [-0.4, -0.2) is 43.8 Å². The van der Waals surface area contributed by atoms with E-state index < -0.39 is 0 Å². The van der Waals surface area contributed by atoms with Gasteiger partial charge in [0.05, 0.1) is 0 Å². The van der Waals surface area contributed by atoms with Gasteiger partial charge in [0, 0.05) is 17.8 Å². The third-order valence-electron chi connectivity index (χ3n) is 3.18. The average Bonchev–Trinajstić information content (AvgIpc) is 2.84. The minimum Gasteiger partial charge on any atom is -0.303 e. The first-order chi connectivity index (χ1) is 9.70. The number of hydrogen-bond acceptors (Lipinski definition) is 7. The highest BCUT2D eigenvalue weighted by atomic mass is 32.1. The Labute approximate surface area is 124 Å². The van der Waals surface area contributed by atoms with Gasteiger partial charge in [-0.15, -0.1) is 21.5 Å². The van der Waals surface area contributed by atoms with Crippen LogP contribution in [0.3, 0.4) is 0 Å². The molecular weight excluding hydrogens is 292 g/mol. The van der Waals surface area contributed by atoms with Crippen LogP contribution >= 0.6 is 22.7 Å². The lowest BCUT2D eigenvalue weighted by atomic mass is 10.4. The summed E-state index contributed by atoms with van der Waals surface area (Å²) in [5, 5.41) is 17.2. The number of fused-ring (bicyclic) bond motifs is 1. The first-order valence-electron chi connectivity index (χ1n) is 6.52. The number of nitrogens with zero attached hydrogens (tertiary/aromatic N) is 6. The predicted octanol–water partition coefficient (Wildman–Crippen LogP) is 2.25. The molecule has 1 aliphatic rings. The summed E-state index contributed by atoms with van der Waals surface area (Å²) in [6.07, 6.45) is 2.41. The number of thiazole rings is 1. The largest absolute Gasteiger partial charge is 0.303 e. The van der Waals surface area contributed by atoms with Crippen molar-refractivity contribution < 1.29 is 0 Å². The molecule has 0 N–H and O–H groups in total. The summed E-state index contributed by atoms with van der Waals surface area (Å²) < 4.78 is 1.89. The van der Waals surface area contributed by atoms with Gasteiger partial charge in [-0.1, -0.05) is 11.3 Å². The molecule has 104 valence electrons. The smallest absolute Gasteiger partial charge is 0.235 e. The fourth-order valence-electron chi connectivity index (χ4n) is 2.08. The van der Waals surface area contributed by atoms with Gasteiger partial charge in [0.15, 0.2) is 10.8 Å². The van der Waals surface area contributed by atoms with Gasteiger partial charge >= 0.3 is 0 Å². The maximum atomic E-state index is 4.65. The molecule has 3 heterocycles. The van der Waals surface area contributed by atoms with Crippen LogP contribution in [0.4, 0.5) is 0 Å². The van der Waals surface area contributed by atoms with Crippen LogP contribution in [-0.2, 0) is 6.54 Å². The molecule has 20 heavy (non-hydrogen) atoms. The fourth-order valence-corrected chi connectivity index (χ4v) is 3.86. The van der Waals surface area contributed by atoms with Crippen LogP contribution in [0.15, 0.2) is 5.38 Å². The monoisotopic (exact) mass is 306 g/mol. The van der Waals surface area contributed by atoms with E-state index in [1.54, 1.807) is 22.7 Å². The Bertz CT molecular complexity index is 751. The average molecular weight is 306 g/mol.